The number of halogens is 2. The molecule has 0 amide bonds. The Morgan fingerprint density at radius 2 is 0.556 bits per heavy atom. The van der Waals surface area contributed by atoms with E-state index in [0.717, 1.165) is 89.8 Å². The van der Waals surface area contributed by atoms with E-state index >= 15 is 8.78 Å². The minimum absolute atomic E-state index is 0.0165. The summed E-state index contributed by atoms with van der Waals surface area (Å²) in [5, 5.41) is 55.7. The van der Waals surface area contributed by atoms with Crippen molar-refractivity contribution >= 4 is 43.6 Å². The summed E-state index contributed by atoms with van der Waals surface area (Å²) in [6.07, 6.45) is 1.51. The van der Waals surface area contributed by atoms with Crippen LogP contribution in [0.15, 0.2) is 121 Å². The molecule has 6 nitrogen and oxygen atoms in total. The average molecular weight is 1210 g/mol. The SMILES string of the molecule is CC(C)(C)CC(C)(C)c1cc(-c2cc(F)cc(CCc3cc(F)cc(-c4cc(C(C)(C)CC(C)(C)C)cc(-n5c6cc(C(C)(C)C)ccc6c6ccc(C(C)(C)C)cc65)c4O)c3O)c2O)c(O)c(-n2c3cc(C(C)(C)C)ccc3c3ccc(C(C)(C)C)cc32)c1. The molecule has 0 fully saturated rings. The molecular weight excluding hydrogens is 1110 g/mol. The van der Waals surface area contributed by atoms with Gasteiger partial charge in [-0.25, -0.2) is 8.78 Å². The van der Waals surface area contributed by atoms with Crippen LogP contribution in [0.1, 0.15) is 210 Å². The number of phenols is 4. The van der Waals surface area contributed by atoms with Gasteiger partial charge in [0.1, 0.15) is 34.6 Å². The van der Waals surface area contributed by atoms with Gasteiger partial charge in [0, 0.05) is 43.8 Å². The molecule has 0 aliphatic heterocycles. The molecule has 474 valence electrons. The molecular formula is C82H98F2N2O4. The van der Waals surface area contributed by atoms with Crippen molar-refractivity contribution < 1.29 is 29.2 Å². The topological polar surface area (TPSA) is 90.8 Å². The van der Waals surface area contributed by atoms with Crippen LogP contribution in [-0.4, -0.2) is 29.6 Å². The van der Waals surface area contributed by atoms with Crippen LogP contribution < -0.4 is 0 Å². The summed E-state index contributed by atoms with van der Waals surface area (Å²) in [6, 6.07) is 39.3. The lowest BCUT2D eigenvalue weighted by Gasteiger charge is -2.34. The summed E-state index contributed by atoms with van der Waals surface area (Å²) in [5.41, 5.74) is 10.2. The van der Waals surface area contributed by atoms with Crippen LogP contribution in [0.5, 0.6) is 23.0 Å². The van der Waals surface area contributed by atoms with Crippen molar-refractivity contribution in [3.8, 4) is 56.6 Å². The summed E-state index contributed by atoms with van der Waals surface area (Å²) >= 11 is 0. The van der Waals surface area contributed by atoms with Crippen LogP contribution in [0, 0.1) is 22.5 Å². The molecule has 0 aliphatic rings. The molecule has 0 atom stereocenters. The predicted octanol–water partition coefficient (Wildman–Crippen LogP) is 22.7. The number of rotatable bonds is 11. The van der Waals surface area contributed by atoms with Crippen LogP contribution in [0.4, 0.5) is 8.78 Å². The van der Waals surface area contributed by atoms with Crippen LogP contribution in [0.25, 0.3) is 77.2 Å². The molecule has 0 unspecified atom stereocenters. The minimum atomic E-state index is -0.634. The summed E-state index contributed by atoms with van der Waals surface area (Å²) in [6.45, 7) is 48.3. The number of hydrogen-bond acceptors (Lipinski definition) is 4. The number of nitrogens with zero attached hydrogens (tertiary/aromatic N) is 2. The molecule has 10 rings (SSSR count). The second-order valence-corrected chi connectivity index (χ2v) is 34.0. The molecule has 10 aromatic rings. The Bertz CT molecular complexity index is 4050. The van der Waals surface area contributed by atoms with Gasteiger partial charge >= 0.3 is 0 Å². The first kappa shape index (κ1) is 65.4. The first-order valence-corrected chi connectivity index (χ1v) is 32.3. The monoisotopic (exact) mass is 1210 g/mol. The fourth-order valence-corrected chi connectivity index (χ4v) is 14.4. The highest BCUT2D eigenvalue weighted by Gasteiger charge is 2.34. The Hall–Kier alpha value is -7.58. The van der Waals surface area contributed by atoms with Gasteiger partial charge in [-0.3, -0.25) is 0 Å². The molecule has 0 saturated carbocycles. The third kappa shape index (κ3) is 12.5. The molecule has 2 aromatic heterocycles. The van der Waals surface area contributed by atoms with Crippen molar-refractivity contribution in [2.75, 3.05) is 0 Å². The van der Waals surface area contributed by atoms with Gasteiger partial charge in [-0.1, -0.05) is 201 Å². The molecule has 0 saturated heterocycles. The predicted molar refractivity (Wildman–Crippen MR) is 375 cm³/mol. The van der Waals surface area contributed by atoms with Gasteiger partial charge < -0.3 is 29.6 Å². The summed E-state index contributed by atoms with van der Waals surface area (Å²) < 4.78 is 37.7. The number of aromatic hydroxyl groups is 4. The maximum absolute atomic E-state index is 16.7. The summed E-state index contributed by atoms with van der Waals surface area (Å²) in [4.78, 5) is 0. The molecule has 90 heavy (non-hydrogen) atoms. The van der Waals surface area contributed by atoms with Crippen LogP contribution >= 0.6 is 0 Å². The number of fused-ring (bicyclic) bond motifs is 6. The fourth-order valence-electron chi connectivity index (χ4n) is 14.4. The Morgan fingerprint density at radius 3 is 0.800 bits per heavy atom. The summed E-state index contributed by atoms with van der Waals surface area (Å²) in [7, 11) is 0. The Balaban J connectivity index is 1.15. The van der Waals surface area contributed by atoms with Crippen molar-refractivity contribution in [2.24, 2.45) is 10.8 Å². The van der Waals surface area contributed by atoms with E-state index in [9.17, 15) is 20.4 Å². The van der Waals surface area contributed by atoms with Crippen molar-refractivity contribution in [2.45, 2.75) is 210 Å². The molecule has 2 heterocycles. The number of aromatic nitrogens is 2. The summed E-state index contributed by atoms with van der Waals surface area (Å²) in [5.74, 6) is -1.99. The second-order valence-electron chi connectivity index (χ2n) is 34.0. The normalized spacial score (nSPS) is 13.5. The van der Waals surface area contributed by atoms with Gasteiger partial charge in [0.2, 0.25) is 0 Å². The van der Waals surface area contributed by atoms with Crippen molar-refractivity contribution in [1.29, 1.82) is 0 Å². The highest BCUT2D eigenvalue weighted by atomic mass is 19.1. The van der Waals surface area contributed by atoms with E-state index in [4.69, 9.17) is 0 Å². The zero-order valence-electron chi connectivity index (χ0n) is 57.8. The third-order valence-corrected chi connectivity index (χ3v) is 18.7. The lowest BCUT2D eigenvalue weighted by Crippen LogP contribution is -2.25. The van der Waals surface area contributed by atoms with Gasteiger partial charge in [-0.2, -0.15) is 0 Å². The maximum Gasteiger partial charge on any atom is 0.147 e. The van der Waals surface area contributed by atoms with E-state index in [2.05, 4.69) is 246 Å². The highest BCUT2D eigenvalue weighted by molar-refractivity contribution is 6.11. The smallest absolute Gasteiger partial charge is 0.147 e. The van der Waals surface area contributed by atoms with Gasteiger partial charge in [0.15, 0.2) is 0 Å². The third-order valence-electron chi connectivity index (χ3n) is 18.7. The molecule has 8 aromatic carbocycles. The van der Waals surface area contributed by atoms with Crippen LogP contribution in [-0.2, 0) is 45.3 Å². The molecule has 0 bridgehead atoms. The number of aryl methyl sites for hydroxylation is 2. The molecule has 8 heteroatoms. The van der Waals surface area contributed by atoms with E-state index in [1.807, 2.05) is 12.1 Å². The minimum Gasteiger partial charge on any atom is -0.507 e. The molecule has 0 spiro atoms. The second kappa shape index (κ2) is 22.1. The zero-order valence-corrected chi connectivity index (χ0v) is 57.8. The Kier molecular flexibility index (Phi) is 16.0. The number of phenolic OH excluding ortho intramolecular Hbond substituents is 4. The highest BCUT2D eigenvalue weighted by Crippen LogP contribution is 2.51. The molecule has 0 aliphatic carbocycles. The van der Waals surface area contributed by atoms with E-state index in [1.165, 1.54) is 24.3 Å². The maximum atomic E-state index is 16.7. The van der Waals surface area contributed by atoms with Gasteiger partial charge in [-0.15, -0.1) is 0 Å². The van der Waals surface area contributed by atoms with Crippen LogP contribution in [0.3, 0.4) is 0 Å². The van der Waals surface area contributed by atoms with E-state index in [1.54, 1.807) is 0 Å². The van der Waals surface area contributed by atoms with Crippen molar-refractivity contribution in [1.82, 2.24) is 9.13 Å². The number of hydrogen-bond donors (Lipinski definition) is 4. The van der Waals surface area contributed by atoms with E-state index in [0.29, 0.717) is 11.4 Å². The first-order chi connectivity index (χ1) is 41.3. The largest absolute Gasteiger partial charge is 0.507 e. The first-order valence-electron chi connectivity index (χ1n) is 32.3. The van der Waals surface area contributed by atoms with Crippen molar-refractivity contribution in [3.05, 3.63) is 177 Å². The Labute approximate surface area is 534 Å². The quantitative estimate of drug-likeness (QED) is 0.104. The lowest BCUT2D eigenvalue weighted by atomic mass is 9.71. The molecule has 4 N–H and O–H groups in total. The zero-order chi connectivity index (χ0) is 66.3. The standard InChI is InChI=1S/C82H98F2N2O4/c1-75(2,3)45-81(19,20)53-35-61(73(89)69(41-53)85-65-37-49(77(7,8)9)25-29-57(65)58-30-26-50(38-66(58)85)78(10,11)12)63-43-55(83)33-47(71(63)87)23-24-48-34-56(84)44-64(72(48)88)62-36-54(82(21,22)46-76(4,5)6)42-70(74(62)90)86-67-39-51(79(13,14)15)27-31-59(67)60-32-28-52(40-68(60)86)80(16,17)18/h25-44,87-90H,23-24,45-46H2,1-22H3. The number of benzene rings is 8. The van der Waals surface area contributed by atoms with E-state index in [-0.39, 0.29) is 102 Å². The van der Waals surface area contributed by atoms with Gasteiger partial charge in [0.25, 0.3) is 0 Å². The van der Waals surface area contributed by atoms with Crippen molar-refractivity contribution in [3.63, 3.8) is 0 Å². The fraction of sp³-hybridized carbons (Fsp3) is 0.415. The van der Waals surface area contributed by atoms with E-state index < -0.39 is 22.5 Å². The van der Waals surface area contributed by atoms with Gasteiger partial charge in [-0.05, 0) is 186 Å². The molecule has 0 radical (unpaired) electrons. The lowest BCUT2D eigenvalue weighted by molar-refractivity contribution is 0.283. The average Bonchev–Trinajstić information content (AvgIpc) is 1.58. The van der Waals surface area contributed by atoms with Gasteiger partial charge in [0.05, 0.1) is 33.4 Å². The van der Waals surface area contributed by atoms with Crippen LogP contribution in [0.2, 0.25) is 0 Å². The Morgan fingerprint density at radius 1 is 0.300 bits per heavy atom.